The SMILES string of the molecule is CC1(C)CCCN1c1cccc(F)c1CO. The first-order valence-electron chi connectivity index (χ1n) is 5.72. The average molecular weight is 223 g/mol. The van der Waals surface area contributed by atoms with E-state index in [1.807, 2.05) is 6.07 Å². The molecule has 2 rings (SSSR count). The maximum Gasteiger partial charge on any atom is 0.130 e. The van der Waals surface area contributed by atoms with Gasteiger partial charge in [0, 0.05) is 23.3 Å². The molecule has 0 bridgehead atoms. The van der Waals surface area contributed by atoms with Crippen LogP contribution in [0, 0.1) is 5.82 Å². The van der Waals surface area contributed by atoms with Crippen molar-refractivity contribution in [1.29, 1.82) is 0 Å². The Morgan fingerprint density at radius 2 is 2.19 bits per heavy atom. The minimum absolute atomic E-state index is 0.0533. The quantitative estimate of drug-likeness (QED) is 0.833. The van der Waals surface area contributed by atoms with Crippen LogP contribution in [0.1, 0.15) is 32.3 Å². The van der Waals surface area contributed by atoms with Crippen molar-refractivity contribution in [3.63, 3.8) is 0 Å². The lowest BCUT2D eigenvalue weighted by molar-refractivity contribution is 0.275. The van der Waals surface area contributed by atoms with Gasteiger partial charge in [-0.25, -0.2) is 4.39 Å². The first kappa shape index (κ1) is 11.4. The van der Waals surface area contributed by atoms with Gasteiger partial charge in [-0.05, 0) is 38.8 Å². The molecular formula is C13H18FNO. The number of aliphatic hydroxyl groups excluding tert-OH is 1. The number of benzene rings is 1. The van der Waals surface area contributed by atoms with Crippen molar-refractivity contribution < 1.29 is 9.50 Å². The fourth-order valence-electron chi connectivity index (χ4n) is 2.51. The summed E-state index contributed by atoms with van der Waals surface area (Å²) in [6.07, 6.45) is 2.22. The molecule has 0 aliphatic carbocycles. The maximum absolute atomic E-state index is 13.6. The second kappa shape index (κ2) is 4.06. The molecule has 0 saturated carbocycles. The van der Waals surface area contributed by atoms with Gasteiger partial charge in [-0.3, -0.25) is 0 Å². The lowest BCUT2D eigenvalue weighted by Crippen LogP contribution is -2.38. The first-order chi connectivity index (χ1) is 7.56. The molecule has 0 radical (unpaired) electrons. The van der Waals surface area contributed by atoms with Crippen molar-refractivity contribution in [2.75, 3.05) is 11.4 Å². The fraction of sp³-hybridized carbons (Fsp3) is 0.538. The summed E-state index contributed by atoms with van der Waals surface area (Å²) >= 11 is 0. The maximum atomic E-state index is 13.6. The van der Waals surface area contributed by atoms with Crippen LogP contribution in [-0.4, -0.2) is 17.2 Å². The van der Waals surface area contributed by atoms with Gasteiger partial charge in [0.2, 0.25) is 0 Å². The molecular weight excluding hydrogens is 205 g/mol. The predicted octanol–water partition coefficient (Wildman–Crippen LogP) is 2.70. The molecule has 3 heteroatoms. The Bertz CT molecular complexity index is 390. The van der Waals surface area contributed by atoms with Gasteiger partial charge < -0.3 is 10.0 Å². The summed E-state index contributed by atoms with van der Waals surface area (Å²) in [5.41, 5.74) is 1.31. The normalized spacial score (nSPS) is 19.1. The number of nitrogens with zero attached hydrogens (tertiary/aromatic N) is 1. The molecule has 0 spiro atoms. The van der Waals surface area contributed by atoms with Gasteiger partial charge >= 0.3 is 0 Å². The third-order valence-corrected chi connectivity index (χ3v) is 3.44. The van der Waals surface area contributed by atoms with Crippen LogP contribution in [0.5, 0.6) is 0 Å². The van der Waals surface area contributed by atoms with E-state index in [1.54, 1.807) is 6.07 Å². The third-order valence-electron chi connectivity index (χ3n) is 3.44. The summed E-state index contributed by atoms with van der Waals surface area (Å²) < 4.78 is 13.6. The summed E-state index contributed by atoms with van der Waals surface area (Å²) in [6.45, 7) is 5.01. The van der Waals surface area contributed by atoms with Crippen LogP contribution in [0.15, 0.2) is 18.2 Å². The van der Waals surface area contributed by atoms with Crippen molar-refractivity contribution in [1.82, 2.24) is 0 Å². The Kier molecular flexibility index (Phi) is 2.89. The highest BCUT2D eigenvalue weighted by atomic mass is 19.1. The summed E-state index contributed by atoms with van der Waals surface area (Å²) in [4.78, 5) is 2.20. The Morgan fingerprint density at radius 3 is 2.75 bits per heavy atom. The number of anilines is 1. The van der Waals surface area contributed by atoms with E-state index in [0.717, 1.165) is 25.1 Å². The van der Waals surface area contributed by atoms with E-state index in [1.165, 1.54) is 6.07 Å². The van der Waals surface area contributed by atoms with Crippen LogP contribution in [0.3, 0.4) is 0 Å². The Hall–Kier alpha value is -1.09. The van der Waals surface area contributed by atoms with Gasteiger partial charge in [-0.1, -0.05) is 6.07 Å². The van der Waals surface area contributed by atoms with Crippen molar-refractivity contribution in [3.8, 4) is 0 Å². The molecule has 1 saturated heterocycles. The molecule has 0 aromatic heterocycles. The van der Waals surface area contributed by atoms with Crippen molar-refractivity contribution >= 4 is 5.69 Å². The Balaban J connectivity index is 2.44. The smallest absolute Gasteiger partial charge is 0.130 e. The van der Waals surface area contributed by atoms with E-state index >= 15 is 0 Å². The van der Waals surface area contributed by atoms with Gasteiger partial charge in [0.1, 0.15) is 5.82 Å². The van der Waals surface area contributed by atoms with Gasteiger partial charge in [-0.15, -0.1) is 0 Å². The molecule has 1 N–H and O–H groups in total. The molecule has 1 aliphatic rings. The molecule has 0 amide bonds. The van der Waals surface area contributed by atoms with Gasteiger partial charge in [0.05, 0.1) is 6.61 Å². The standard InChI is InChI=1S/C13H18FNO/c1-13(2)7-4-8-15(13)12-6-3-5-11(14)10(12)9-16/h3,5-6,16H,4,7-9H2,1-2H3. The molecule has 1 aromatic rings. The van der Waals surface area contributed by atoms with Gasteiger partial charge in [0.25, 0.3) is 0 Å². The Morgan fingerprint density at radius 1 is 1.44 bits per heavy atom. The molecule has 16 heavy (non-hydrogen) atoms. The predicted molar refractivity (Wildman–Crippen MR) is 63.0 cm³/mol. The molecule has 1 aromatic carbocycles. The molecule has 88 valence electrons. The van der Waals surface area contributed by atoms with Crippen LogP contribution < -0.4 is 4.90 Å². The van der Waals surface area contributed by atoms with Crippen LogP contribution in [0.2, 0.25) is 0 Å². The molecule has 1 aliphatic heterocycles. The topological polar surface area (TPSA) is 23.5 Å². The van der Waals surface area contributed by atoms with Gasteiger partial charge in [-0.2, -0.15) is 0 Å². The largest absolute Gasteiger partial charge is 0.391 e. The number of halogens is 1. The monoisotopic (exact) mass is 223 g/mol. The molecule has 2 nitrogen and oxygen atoms in total. The highest BCUT2D eigenvalue weighted by Gasteiger charge is 2.33. The van der Waals surface area contributed by atoms with Crippen molar-refractivity contribution in [2.24, 2.45) is 0 Å². The van der Waals surface area contributed by atoms with E-state index in [-0.39, 0.29) is 18.0 Å². The zero-order chi connectivity index (χ0) is 11.8. The molecule has 0 atom stereocenters. The lowest BCUT2D eigenvalue weighted by Gasteiger charge is -2.35. The van der Waals surface area contributed by atoms with Gasteiger partial charge in [0.15, 0.2) is 0 Å². The van der Waals surface area contributed by atoms with Crippen molar-refractivity contribution in [3.05, 3.63) is 29.6 Å². The summed E-state index contributed by atoms with van der Waals surface area (Å²) in [7, 11) is 0. The minimum atomic E-state index is -0.317. The van der Waals surface area contributed by atoms with Crippen LogP contribution in [0.25, 0.3) is 0 Å². The zero-order valence-corrected chi connectivity index (χ0v) is 9.83. The second-order valence-electron chi connectivity index (χ2n) is 4.96. The molecule has 1 fully saturated rings. The summed E-state index contributed by atoms with van der Waals surface area (Å²) in [5.74, 6) is -0.317. The van der Waals surface area contributed by atoms with Crippen molar-refractivity contribution in [2.45, 2.75) is 38.8 Å². The summed E-state index contributed by atoms with van der Waals surface area (Å²) in [6, 6.07) is 5.00. The third kappa shape index (κ3) is 1.80. The van der Waals surface area contributed by atoms with E-state index in [4.69, 9.17) is 0 Å². The molecule has 1 heterocycles. The minimum Gasteiger partial charge on any atom is -0.391 e. The first-order valence-corrected chi connectivity index (χ1v) is 5.72. The van der Waals surface area contributed by atoms with Crippen LogP contribution >= 0.6 is 0 Å². The van der Waals surface area contributed by atoms with E-state index in [2.05, 4.69) is 18.7 Å². The fourth-order valence-corrected chi connectivity index (χ4v) is 2.51. The summed E-state index contributed by atoms with van der Waals surface area (Å²) in [5, 5.41) is 9.26. The lowest BCUT2D eigenvalue weighted by atomic mass is 10.0. The van der Waals surface area contributed by atoms with E-state index < -0.39 is 0 Å². The Labute approximate surface area is 95.7 Å². The van der Waals surface area contributed by atoms with Crippen LogP contribution in [0.4, 0.5) is 10.1 Å². The van der Waals surface area contributed by atoms with E-state index in [0.29, 0.717) is 5.56 Å². The van der Waals surface area contributed by atoms with Crippen LogP contribution in [-0.2, 0) is 6.61 Å². The number of hydrogen-bond donors (Lipinski definition) is 1. The second-order valence-corrected chi connectivity index (χ2v) is 4.96. The molecule has 0 unspecified atom stereocenters. The number of hydrogen-bond acceptors (Lipinski definition) is 2. The number of rotatable bonds is 2. The average Bonchev–Trinajstić information content (AvgIpc) is 2.57. The number of aliphatic hydroxyl groups is 1. The highest BCUT2D eigenvalue weighted by Crippen LogP contribution is 2.36. The van der Waals surface area contributed by atoms with E-state index in [9.17, 15) is 9.50 Å². The highest BCUT2D eigenvalue weighted by molar-refractivity contribution is 5.56. The zero-order valence-electron chi connectivity index (χ0n) is 9.83.